The number of hydrogen-bond acceptors (Lipinski definition) is 4. The van der Waals surface area contributed by atoms with E-state index in [0.29, 0.717) is 19.5 Å². The summed E-state index contributed by atoms with van der Waals surface area (Å²) < 4.78 is 5.50. The molecule has 0 radical (unpaired) electrons. The predicted octanol–water partition coefficient (Wildman–Crippen LogP) is 2.64. The van der Waals surface area contributed by atoms with Gasteiger partial charge in [-0.2, -0.15) is 0 Å². The molecule has 28 heavy (non-hydrogen) atoms. The fourth-order valence-corrected chi connectivity index (χ4v) is 4.38. The normalized spacial score (nSPS) is 21.8. The molecule has 154 valence electrons. The van der Waals surface area contributed by atoms with Crippen LogP contribution < -0.4 is 15.4 Å². The van der Waals surface area contributed by atoms with E-state index in [1.54, 1.807) is 7.11 Å². The first-order valence-electron chi connectivity index (χ1n) is 10.5. The molecule has 2 N–H and O–H groups in total. The first kappa shape index (κ1) is 20.6. The summed E-state index contributed by atoms with van der Waals surface area (Å²) in [4.78, 5) is 27.5. The number of methoxy groups -OCH3 is 1. The molecule has 6 heteroatoms. The summed E-state index contributed by atoms with van der Waals surface area (Å²) in [6.45, 7) is 4.07. The molecule has 3 rings (SSSR count). The number of benzene rings is 1. The van der Waals surface area contributed by atoms with E-state index >= 15 is 0 Å². The average molecular weight is 388 g/mol. The van der Waals surface area contributed by atoms with E-state index in [4.69, 9.17) is 4.74 Å². The maximum absolute atomic E-state index is 13.1. The molecule has 2 unspecified atom stereocenters. The van der Waals surface area contributed by atoms with Crippen molar-refractivity contribution in [3.05, 3.63) is 29.8 Å². The van der Waals surface area contributed by atoms with Gasteiger partial charge in [0.1, 0.15) is 5.75 Å². The molecule has 1 saturated heterocycles. The van der Waals surface area contributed by atoms with E-state index in [-0.39, 0.29) is 29.8 Å². The molecular formula is C22H33N3O3. The zero-order chi connectivity index (χ0) is 19.9. The van der Waals surface area contributed by atoms with Crippen LogP contribution in [0.3, 0.4) is 0 Å². The molecule has 2 fully saturated rings. The lowest BCUT2D eigenvalue weighted by Crippen LogP contribution is -2.50. The van der Waals surface area contributed by atoms with Crippen LogP contribution in [0.4, 0.5) is 0 Å². The van der Waals surface area contributed by atoms with Gasteiger partial charge in [0.15, 0.2) is 0 Å². The SMILES string of the molecule is COc1ccccc1C1CNCCN1C(=O)CC(C)NC(=O)C1CCCCC1. The smallest absolute Gasteiger partial charge is 0.225 e. The lowest BCUT2D eigenvalue weighted by Gasteiger charge is -2.37. The summed E-state index contributed by atoms with van der Waals surface area (Å²) in [5.74, 6) is 1.11. The fraction of sp³-hybridized carbons (Fsp3) is 0.636. The maximum atomic E-state index is 13.1. The van der Waals surface area contributed by atoms with Crippen molar-refractivity contribution < 1.29 is 14.3 Å². The van der Waals surface area contributed by atoms with Gasteiger partial charge in [0, 0.05) is 43.6 Å². The van der Waals surface area contributed by atoms with Crippen LogP contribution in [-0.2, 0) is 9.59 Å². The number of carbonyl (C=O) groups is 2. The molecule has 0 aromatic heterocycles. The Morgan fingerprint density at radius 3 is 2.75 bits per heavy atom. The van der Waals surface area contributed by atoms with Crippen LogP contribution >= 0.6 is 0 Å². The van der Waals surface area contributed by atoms with Gasteiger partial charge in [-0.05, 0) is 25.8 Å². The maximum Gasteiger partial charge on any atom is 0.225 e. The van der Waals surface area contributed by atoms with Gasteiger partial charge >= 0.3 is 0 Å². The van der Waals surface area contributed by atoms with Crippen LogP contribution in [0.5, 0.6) is 5.75 Å². The lowest BCUT2D eigenvalue weighted by atomic mass is 9.88. The van der Waals surface area contributed by atoms with Crippen molar-refractivity contribution >= 4 is 11.8 Å². The summed E-state index contributed by atoms with van der Waals surface area (Å²) in [5, 5.41) is 6.45. The number of hydrogen-bond donors (Lipinski definition) is 2. The number of para-hydroxylation sites is 1. The van der Waals surface area contributed by atoms with Gasteiger partial charge in [-0.15, -0.1) is 0 Å². The fourth-order valence-electron chi connectivity index (χ4n) is 4.38. The molecule has 2 aliphatic rings. The van der Waals surface area contributed by atoms with Crippen molar-refractivity contribution in [2.75, 3.05) is 26.7 Å². The standard InChI is InChI=1S/C22H33N3O3/c1-16(24-22(27)17-8-4-3-5-9-17)14-21(26)25-13-12-23-15-19(25)18-10-6-7-11-20(18)28-2/h6-7,10-11,16-17,19,23H,3-5,8-9,12-15H2,1-2H3,(H,24,27). The topological polar surface area (TPSA) is 70.7 Å². The van der Waals surface area contributed by atoms with Crippen molar-refractivity contribution in [3.8, 4) is 5.75 Å². The van der Waals surface area contributed by atoms with Crippen molar-refractivity contribution in [1.82, 2.24) is 15.5 Å². The predicted molar refractivity (Wildman–Crippen MR) is 109 cm³/mol. The minimum Gasteiger partial charge on any atom is -0.496 e. The first-order chi connectivity index (χ1) is 13.6. The Morgan fingerprint density at radius 1 is 1.25 bits per heavy atom. The highest BCUT2D eigenvalue weighted by Crippen LogP contribution is 2.30. The molecule has 1 saturated carbocycles. The van der Waals surface area contributed by atoms with E-state index < -0.39 is 0 Å². The molecule has 1 aromatic rings. The zero-order valence-electron chi connectivity index (χ0n) is 17.1. The van der Waals surface area contributed by atoms with Gasteiger partial charge in [0.2, 0.25) is 11.8 Å². The molecular weight excluding hydrogens is 354 g/mol. The van der Waals surface area contributed by atoms with Crippen molar-refractivity contribution in [2.24, 2.45) is 5.92 Å². The third-order valence-electron chi connectivity index (χ3n) is 5.91. The van der Waals surface area contributed by atoms with Crippen LogP contribution in [0.1, 0.15) is 57.1 Å². The highest BCUT2D eigenvalue weighted by atomic mass is 16.5. The first-order valence-corrected chi connectivity index (χ1v) is 10.5. The Kier molecular flexibility index (Phi) is 7.31. The van der Waals surface area contributed by atoms with Crippen LogP contribution in [0.2, 0.25) is 0 Å². The Morgan fingerprint density at radius 2 is 2.00 bits per heavy atom. The van der Waals surface area contributed by atoms with E-state index in [1.165, 1.54) is 6.42 Å². The summed E-state index contributed by atoms with van der Waals surface area (Å²) >= 11 is 0. The summed E-state index contributed by atoms with van der Waals surface area (Å²) in [6.07, 6.45) is 5.76. The number of nitrogens with one attached hydrogen (secondary N) is 2. The van der Waals surface area contributed by atoms with E-state index in [2.05, 4.69) is 10.6 Å². The van der Waals surface area contributed by atoms with Crippen molar-refractivity contribution in [2.45, 2.75) is 57.5 Å². The molecule has 2 amide bonds. The van der Waals surface area contributed by atoms with Gasteiger partial charge in [-0.3, -0.25) is 9.59 Å². The van der Waals surface area contributed by atoms with Crippen LogP contribution in [0.15, 0.2) is 24.3 Å². The van der Waals surface area contributed by atoms with E-state index in [0.717, 1.165) is 43.5 Å². The minimum absolute atomic E-state index is 0.0568. The molecule has 1 aromatic carbocycles. The number of carbonyl (C=O) groups excluding carboxylic acids is 2. The quantitative estimate of drug-likeness (QED) is 0.787. The molecule has 1 aliphatic carbocycles. The number of rotatable bonds is 6. The molecule has 1 heterocycles. The Labute approximate surface area is 168 Å². The molecule has 2 atom stereocenters. The summed E-state index contributed by atoms with van der Waals surface area (Å²) in [6, 6.07) is 7.65. The molecule has 0 bridgehead atoms. The molecule has 0 spiro atoms. The van der Waals surface area contributed by atoms with Gasteiger partial charge in [-0.25, -0.2) is 0 Å². The van der Waals surface area contributed by atoms with Crippen LogP contribution in [0, 0.1) is 5.92 Å². The van der Waals surface area contributed by atoms with Gasteiger partial charge in [0.05, 0.1) is 13.2 Å². The highest BCUT2D eigenvalue weighted by molar-refractivity contribution is 5.81. The Hall–Kier alpha value is -2.08. The monoisotopic (exact) mass is 387 g/mol. The minimum atomic E-state index is -0.157. The van der Waals surface area contributed by atoms with Crippen LogP contribution in [0.25, 0.3) is 0 Å². The van der Waals surface area contributed by atoms with Crippen molar-refractivity contribution in [3.63, 3.8) is 0 Å². The number of ether oxygens (including phenoxy) is 1. The molecule has 1 aliphatic heterocycles. The number of piperazine rings is 1. The Balaban J connectivity index is 1.61. The van der Waals surface area contributed by atoms with Gasteiger partial charge in [0.25, 0.3) is 0 Å². The van der Waals surface area contributed by atoms with E-state index in [1.807, 2.05) is 36.1 Å². The number of nitrogens with zero attached hydrogens (tertiary/aromatic N) is 1. The third-order valence-corrected chi connectivity index (χ3v) is 5.91. The Bertz CT molecular complexity index is 673. The lowest BCUT2D eigenvalue weighted by molar-refractivity contribution is -0.135. The number of amides is 2. The summed E-state index contributed by atoms with van der Waals surface area (Å²) in [7, 11) is 1.66. The zero-order valence-corrected chi connectivity index (χ0v) is 17.1. The summed E-state index contributed by atoms with van der Waals surface area (Å²) in [5.41, 5.74) is 1.02. The van der Waals surface area contributed by atoms with Gasteiger partial charge < -0.3 is 20.3 Å². The molecule has 6 nitrogen and oxygen atoms in total. The van der Waals surface area contributed by atoms with Crippen molar-refractivity contribution in [1.29, 1.82) is 0 Å². The average Bonchev–Trinajstić information content (AvgIpc) is 2.74. The van der Waals surface area contributed by atoms with Gasteiger partial charge in [-0.1, -0.05) is 37.5 Å². The largest absolute Gasteiger partial charge is 0.496 e. The van der Waals surface area contributed by atoms with Crippen LogP contribution in [-0.4, -0.2) is 49.5 Å². The van der Waals surface area contributed by atoms with E-state index in [9.17, 15) is 9.59 Å². The third kappa shape index (κ3) is 5.04. The highest BCUT2D eigenvalue weighted by Gasteiger charge is 2.31. The second kappa shape index (κ2) is 9.92. The second-order valence-electron chi connectivity index (χ2n) is 8.00. The second-order valence-corrected chi connectivity index (χ2v) is 8.00.